The number of nitrogens with zero attached hydrogens (tertiary/aromatic N) is 3. The monoisotopic (exact) mass is 407 g/mol. The van der Waals surface area contributed by atoms with Gasteiger partial charge in [0.15, 0.2) is 0 Å². The van der Waals surface area contributed by atoms with Crippen LogP contribution in [-0.4, -0.2) is 54.1 Å². The Hall–Kier alpha value is -2.86. The van der Waals surface area contributed by atoms with Crippen molar-refractivity contribution < 1.29 is 13.9 Å². The van der Waals surface area contributed by atoms with Crippen LogP contribution in [0.2, 0.25) is 0 Å². The molecular formula is C24H26FN3O2. The van der Waals surface area contributed by atoms with E-state index in [1.807, 2.05) is 34.7 Å². The number of ether oxygens (including phenoxy) is 1. The van der Waals surface area contributed by atoms with Gasteiger partial charge in [0.2, 0.25) is 0 Å². The molecule has 3 heterocycles. The van der Waals surface area contributed by atoms with Crippen molar-refractivity contribution in [3.63, 3.8) is 0 Å². The van der Waals surface area contributed by atoms with Gasteiger partial charge in [-0.1, -0.05) is 12.1 Å². The van der Waals surface area contributed by atoms with E-state index in [0.717, 1.165) is 36.3 Å². The first-order valence-electron chi connectivity index (χ1n) is 10.3. The minimum Gasteiger partial charge on any atom is -0.497 e. The SMILES string of the molecule is COc1ccc([C@H]2[C@@H]3CN(C(=O)c4cc5cc(F)ccc5n4C)C[C@@H]3CN2C)cc1. The molecule has 5 nitrogen and oxygen atoms in total. The molecule has 2 fully saturated rings. The van der Waals surface area contributed by atoms with E-state index >= 15 is 0 Å². The fourth-order valence-electron chi connectivity index (χ4n) is 5.41. The van der Waals surface area contributed by atoms with E-state index < -0.39 is 0 Å². The maximum Gasteiger partial charge on any atom is 0.270 e. The number of carbonyl (C=O) groups is 1. The Balaban J connectivity index is 1.40. The summed E-state index contributed by atoms with van der Waals surface area (Å²) in [5.74, 6) is 1.46. The molecule has 3 aromatic rings. The average Bonchev–Trinajstić information content (AvgIpc) is 3.38. The van der Waals surface area contributed by atoms with Crippen molar-refractivity contribution in [1.82, 2.24) is 14.4 Å². The van der Waals surface area contributed by atoms with Gasteiger partial charge < -0.3 is 14.2 Å². The van der Waals surface area contributed by atoms with Crippen LogP contribution < -0.4 is 4.74 Å². The molecule has 156 valence electrons. The zero-order chi connectivity index (χ0) is 21.0. The highest BCUT2D eigenvalue weighted by atomic mass is 19.1. The molecule has 0 N–H and O–H groups in total. The summed E-state index contributed by atoms with van der Waals surface area (Å²) in [6.07, 6.45) is 0. The molecule has 0 aliphatic carbocycles. The van der Waals surface area contributed by atoms with E-state index in [-0.39, 0.29) is 11.7 Å². The van der Waals surface area contributed by atoms with Crippen molar-refractivity contribution in [1.29, 1.82) is 0 Å². The van der Waals surface area contributed by atoms with Crippen LogP contribution in [-0.2, 0) is 7.05 Å². The number of methoxy groups -OCH3 is 1. The summed E-state index contributed by atoms with van der Waals surface area (Å²) in [5, 5.41) is 0.760. The lowest BCUT2D eigenvalue weighted by Crippen LogP contribution is -2.34. The quantitative estimate of drug-likeness (QED) is 0.665. The fraction of sp³-hybridized carbons (Fsp3) is 0.375. The molecule has 1 amide bonds. The first-order valence-corrected chi connectivity index (χ1v) is 10.3. The molecule has 2 aromatic carbocycles. The van der Waals surface area contributed by atoms with E-state index in [1.165, 1.54) is 17.7 Å². The number of rotatable bonds is 3. The van der Waals surface area contributed by atoms with Gasteiger partial charge in [-0.3, -0.25) is 9.69 Å². The summed E-state index contributed by atoms with van der Waals surface area (Å²) in [7, 11) is 5.71. The number of likely N-dealkylation sites (tertiary alicyclic amines) is 2. The molecular weight excluding hydrogens is 381 g/mol. The van der Waals surface area contributed by atoms with Gasteiger partial charge in [-0.2, -0.15) is 0 Å². The van der Waals surface area contributed by atoms with E-state index in [0.29, 0.717) is 23.6 Å². The second-order valence-electron chi connectivity index (χ2n) is 8.58. The molecule has 2 aliphatic rings. The predicted molar refractivity (Wildman–Crippen MR) is 114 cm³/mol. The Morgan fingerprint density at radius 3 is 2.53 bits per heavy atom. The van der Waals surface area contributed by atoms with Gasteiger partial charge in [0.05, 0.1) is 7.11 Å². The molecule has 0 radical (unpaired) electrons. The number of hydrogen-bond acceptors (Lipinski definition) is 3. The summed E-state index contributed by atoms with van der Waals surface area (Å²) in [5.41, 5.74) is 2.75. The van der Waals surface area contributed by atoms with Crippen LogP contribution in [0.15, 0.2) is 48.5 Å². The van der Waals surface area contributed by atoms with Crippen molar-refractivity contribution >= 4 is 16.8 Å². The lowest BCUT2D eigenvalue weighted by Gasteiger charge is -2.27. The lowest BCUT2D eigenvalue weighted by molar-refractivity contribution is 0.0759. The van der Waals surface area contributed by atoms with Gasteiger partial charge in [0.1, 0.15) is 17.3 Å². The van der Waals surface area contributed by atoms with Crippen molar-refractivity contribution in [2.24, 2.45) is 18.9 Å². The van der Waals surface area contributed by atoms with Gasteiger partial charge in [0, 0.05) is 49.5 Å². The van der Waals surface area contributed by atoms with Gasteiger partial charge >= 0.3 is 0 Å². The molecule has 6 heteroatoms. The summed E-state index contributed by atoms with van der Waals surface area (Å²) in [6.45, 7) is 2.47. The Kier molecular flexibility index (Phi) is 4.54. The van der Waals surface area contributed by atoms with Gasteiger partial charge in [-0.25, -0.2) is 4.39 Å². The van der Waals surface area contributed by atoms with Crippen molar-refractivity contribution in [2.75, 3.05) is 33.8 Å². The molecule has 2 saturated heterocycles. The molecule has 0 bridgehead atoms. The Labute approximate surface area is 175 Å². The van der Waals surface area contributed by atoms with Crippen molar-refractivity contribution in [2.45, 2.75) is 6.04 Å². The highest BCUT2D eigenvalue weighted by molar-refractivity contribution is 5.98. The minimum atomic E-state index is -0.284. The Morgan fingerprint density at radius 1 is 1.03 bits per heavy atom. The first kappa shape index (κ1) is 19.1. The van der Waals surface area contributed by atoms with Gasteiger partial charge in [0.25, 0.3) is 5.91 Å². The number of carbonyl (C=O) groups excluding carboxylic acids is 1. The molecule has 0 spiro atoms. The van der Waals surface area contributed by atoms with E-state index in [4.69, 9.17) is 4.74 Å². The molecule has 0 saturated carbocycles. The van der Waals surface area contributed by atoms with Crippen molar-refractivity contribution in [3.05, 3.63) is 65.6 Å². The molecule has 30 heavy (non-hydrogen) atoms. The normalized spacial score (nSPS) is 23.9. The number of fused-ring (bicyclic) bond motifs is 2. The highest BCUT2D eigenvalue weighted by Gasteiger charge is 2.47. The number of amides is 1. The fourth-order valence-corrected chi connectivity index (χ4v) is 5.41. The summed E-state index contributed by atoms with van der Waals surface area (Å²) >= 11 is 0. The Bertz CT molecular complexity index is 1110. The summed E-state index contributed by atoms with van der Waals surface area (Å²) in [4.78, 5) is 17.7. The molecule has 0 unspecified atom stereocenters. The van der Waals surface area contributed by atoms with Crippen LogP contribution in [0.1, 0.15) is 22.1 Å². The zero-order valence-electron chi connectivity index (χ0n) is 17.5. The van der Waals surface area contributed by atoms with Crippen LogP contribution in [0, 0.1) is 17.7 Å². The topological polar surface area (TPSA) is 37.7 Å². The average molecular weight is 407 g/mol. The zero-order valence-corrected chi connectivity index (χ0v) is 17.5. The second kappa shape index (κ2) is 7.13. The van der Waals surface area contributed by atoms with Gasteiger partial charge in [-0.15, -0.1) is 0 Å². The van der Waals surface area contributed by atoms with Crippen LogP contribution in [0.5, 0.6) is 5.75 Å². The van der Waals surface area contributed by atoms with E-state index in [1.54, 1.807) is 13.2 Å². The van der Waals surface area contributed by atoms with E-state index in [2.05, 4.69) is 24.1 Å². The van der Waals surface area contributed by atoms with Crippen LogP contribution >= 0.6 is 0 Å². The highest BCUT2D eigenvalue weighted by Crippen LogP contribution is 2.44. The largest absolute Gasteiger partial charge is 0.497 e. The minimum absolute atomic E-state index is 0.0274. The molecule has 2 aliphatic heterocycles. The number of aromatic nitrogens is 1. The van der Waals surface area contributed by atoms with E-state index in [9.17, 15) is 9.18 Å². The standard InChI is InChI=1S/C24H26FN3O2/c1-26-12-17-13-28(14-20(17)23(26)15-4-7-19(30-3)8-5-15)24(29)22-11-16-10-18(25)6-9-21(16)27(22)2/h4-11,17,20,23H,12-14H2,1-3H3/t17-,20+,23-/m0/s1. The second-order valence-corrected chi connectivity index (χ2v) is 8.58. The first-order chi connectivity index (χ1) is 14.5. The maximum atomic E-state index is 13.6. The third kappa shape index (κ3) is 2.98. The van der Waals surface area contributed by atoms with Crippen LogP contribution in [0.4, 0.5) is 4.39 Å². The van der Waals surface area contributed by atoms with Crippen LogP contribution in [0.25, 0.3) is 10.9 Å². The van der Waals surface area contributed by atoms with Crippen molar-refractivity contribution in [3.8, 4) is 5.75 Å². The summed E-state index contributed by atoms with van der Waals surface area (Å²) < 4.78 is 20.8. The number of aryl methyl sites for hydroxylation is 1. The van der Waals surface area contributed by atoms with Gasteiger partial charge in [-0.05, 0) is 54.9 Å². The third-order valence-electron chi connectivity index (χ3n) is 6.86. The molecule has 3 atom stereocenters. The lowest BCUT2D eigenvalue weighted by atomic mass is 9.89. The number of benzene rings is 2. The molecule has 1 aromatic heterocycles. The maximum absolute atomic E-state index is 13.6. The Morgan fingerprint density at radius 2 is 1.80 bits per heavy atom. The molecule has 5 rings (SSSR count). The smallest absolute Gasteiger partial charge is 0.270 e. The third-order valence-corrected chi connectivity index (χ3v) is 6.86. The number of halogens is 1. The number of hydrogen-bond donors (Lipinski definition) is 0. The predicted octanol–water partition coefficient (Wildman–Crippen LogP) is 3.70. The summed E-state index contributed by atoms with van der Waals surface area (Å²) in [6, 6.07) is 15.0. The van der Waals surface area contributed by atoms with Crippen LogP contribution in [0.3, 0.4) is 0 Å².